The van der Waals surface area contributed by atoms with Crippen LogP contribution >= 0.6 is 12.4 Å². The zero-order valence-electron chi connectivity index (χ0n) is 16.4. The Morgan fingerprint density at radius 2 is 1.64 bits per heavy atom. The molecule has 0 spiro atoms. The van der Waals surface area contributed by atoms with Crippen molar-refractivity contribution in [2.45, 2.75) is 58.3 Å². The van der Waals surface area contributed by atoms with Gasteiger partial charge >= 0.3 is 0 Å². The smallest absolute Gasteiger partial charge is 0.119 e. The fraction of sp³-hybridized carbons (Fsp3) is 0.714. The summed E-state index contributed by atoms with van der Waals surface area (Å²) in [7, 11) is 0. The van der Waals surface area contributed by atoms with Crippen LogP contribution in [0.15, 0.2) is 24.3 Å². The van der Waals surface area contributed by atoms with E-state index in [0.29, 0.717) is 0 Å². The van der Waals surface area contributed by atoms with Crippen molar-refractivity contribution in [1.82, 2.24) is 10.2 Å². The van der Waals surface area contributed by atoms with Gasteiger partial charge in [-0.3, -0.25) is 0 Å². The molecule has 0 aromatic heterocycles. The molecule has 1 aromatic carbocycles. The van der Waals surface area contributed by atoms with Gasteiger partial charge in [-0.1, -0.05) is 45.7 Å². The monoisotopic (exact) mass is 368 g/mol. The standard InChI is InChI=1S/C21H36N2O.ClH/c1-4-21(2,3)19-9-11-20(12-10-19)24-18-8-6-5-7-15-23-16-13-22-14-17-23;/h9-12,22H,4-8,13-18H2,1-3H3;1H. The molecule has 0 unspecified atom stereocenters. The molecule has 0 bridgehead atoms. The van der Waals surface area contributed by atoms with Gasteiger partial charge in [-0.2, -0.15) is 0 Å². The molecule has 2 rings (SSSR count). The van der Waals surface area contributed by atoms with Gasteiger partial charge < -0.3 is 15.0 Å². The first kappa shape index (κ1) is 22.3. The molecule has 144 valence electrons. The zero-order valence-corrected chi connectivity index (χ0v) is 17.2. The lowest BCUT2D eigenvalue weighted by molar-refractivity contribution is 0.234. The highest BCUT2D eigenvalue weighted by atomic mass is 35.5. The van der Waals surface area contributed by atoms with Crippen molar-refractivity contribution >= 4 is 12.4 Å². The summed E-state index contributed by atoms with van der Waals surface area (Å²) < 4.78 is 5.89. The van der Waals surface area contributed by atoms with Crippen LogP contribution in [0.4, 0.5) is 0 Å². The molecule has 4 heteroatoms. The lowest BCUT2D eigenvalue weighted by Gasteiger charge is -2.27. The third kappa shape index (κ3) is 7.98. The number of rotatable bonds is 10. The lowest BCUT2D eigenvalue weighted by atomic mass is 9.82. The van der Waals surface area contributed by atoms with E-state index in [1.807, 2.05) is 0 Å². The summed E-state index contributed by atoms with van der Waals surface area (Å²) >= 11 is 0. The molecule has 0 radical (unpaired) electrons. The van der Waals surface area contributed by atoms with E-state index in [2.05, 4.69) is 55.3 Å². The van der Waals surface area contributed by atoms with E-state index in [-0.39, 0.29) is 17.8 Å². The van der Waals surface area contributed by atoms with Crippen molar-refractivity contribution in [3.8, 4) is 5.75 Å². The number of benzene rings is 1. The van der Waals surface area contributed by atoms with E-state index in [4.69, 9.17) is 4.74 Å². The molecule has 1 fully saturated rings. The Hall–Kier alpha value is -0.770. The van der Waals surface area contributed by atoms with Crippen LogP contribution in [0.2, 0.25) is 0 Å². The molecule has 0 amide bonds. The summed E-state index contributed by atoms with van der Waals surface area (Å²) in [5, 5.41) is 3.41. The van der Waals surface area contributed by atoms with Crippen molar-refractivity contribution in [1.29, 1.82) is 0 Å². The maximum absolute atomic E-state index is 5.89. The largest absolute Gasteiger partial charge is 0.494 e. The first-order chi connectivity index (χ1) is 11.6. The molecule has 1 saturated heterocycles. The van der Waals surface area contributed by atoms with E-state index in [1.54, 1.807) is 0 Å². The third-order valence-corrected chi connectivity index (χ3v) is 5.37. The van der Waals surface area contributed by atoms with Gasteiger partial charge in [0.1, 0.15) is 5.75 Å². The molecule has 1 aromatic rings. The number of nitrogens with zero attached hydrogens (tertiary/aromatic N) is 1. The van der Waals surface area contributed by atoms with Gasteiger partial charge in [0.05, 0.1) is 6.61 Å². The highest BCUT2D eigenvalue weighted by Crippen LogP contribution is 2.28. The Morgan fingerprint density at radius 3 is 2.28 bits per heavy atom. The molecule has 1 aliphatic heterocycles. The fourth-order valence-corrected chi connectivity index (χ4v) is 3.12. The molecule has 0 aliphatic carbocycles. The summed E-state index contributed by atoms with van der Waals surface area (Å²) in [5.74, 6) is 1.01. The van der Waals surface area contributed by atoms with Gasteiger partial charge in [-0.15, -0.1) is 12.4 Å². The minimum absolute atomic E-state index is 0. The van der Waals surface area contributed by atoms with Gasteiger partial charge in [-0.05, 0) is 48.9 Å². The van der Waals surface area contributed by atoms with E-state index in [0.717, 1.165) is 38.3 Å². The first-order valence-electron chi connectivity index (χ1n) is 9.78. The summed E-state index contributed by atoms with van der Waals surface area (Å²) in [6.07, 6.45) is 6.22. The van der Waals surface area contributed by atoms with Gasteiger partial charge in [0.15, 0.2) is 0 Å². The molecule has 25 heavy (non-hydrogen) atoms. The number of piperazine rings is 1. The Balaban J connectivity index is 0.00000312. The average Bonchev–Trinajstić information content (AvgIpc) is 2.62. The summed E-state index contributed by atoms with van der Waals surface area (Å²) in [6, 6.07) is 8.67. The van der Waals surface area contributed by atoms with Crippen molar-refractivity contribution in [2.75, 3.05) is 39.3 Å². The van der Waals surface area contributed by atoms with Crippen LogP contribution in [0.5, 0.6) is 5.75 Å². The SMILES string of the molecule is CCC(C)(C)c1ccc(OCCCCCCN2CCNCC2)cc1.Cl. The number of halogens is 1. The van der Waals surface area contributed by atoms with Crippen LogP contribution in [-0.4, -0.2) is 44.2 Å². The minimum atomic E-state index is 0. The Kier molecular flexibility index (Phi) is 10.5. The van der Waals surface area contributed by atoms with Crippen molar-refractivity contribution < 1.29 is 4.74 Å². The molecule has 3 nitrogen and oxygen atoms in total. The quantitative estimate of drug-likeness (QED) is 0.609. The number of hydrogen-bond donors (Lipinski definition) is 1. The highest BCUT2D eigenvalue weighted by molar-refractivity contribution is 5.85. The van der Waals surface area contributed by atoms with Crippen molar-refractivity contribution in [2.24, 2.45) is 0 Å². The van der Waals surface area contributed by atoms with Crippen LogP contribution in [0.3, 0.4) is 0 Å². The fourth-order valence-electron chi connectivity index (χ4n) is 3.12. The number of ether oxygens (including phenoxy) is 1. The maximum atomic E-state index is 5.89. The first-order valence-corrected chi connectivity index (χ1v) is 9.78. The van der Waals surface area contributed by atoms with Gasteiger partial charge in [0, 0.05) is 26.2 Å². The third-order valence-electron chi connectivity index (χ3n) is 5.37. The summed E-state index contributed by atoms with van der Waals surface area (Å²) in [5.41, 5.74) is 1.65. The van der Waals surface area contributed by atoms with Crippen LogP contribution in [0.25, 0.3) is 0 Å². The normalized spacial score (nSPS) is 15.6. The van der Waals surface area contributed by atoms with E-state index in [1.165, 1.54) is 44.5 Å². The topological polar surface area (TPSA) is 24.5 Å². The second-order valence-corrected chi connectivity index (χ2v) is 7.62. The molecular weight excluding hydrogens is 332 g/mol. The van der Waals surface area contributed by atoms with Crippen molar-refractivity contribution in [3.63, 3.8) is 0 Å². The average molecular weight is 369 g/mol. The molecule has 1 aliphatic rings. The maximum Gasteiger partial charge on any atom is 0.119 e. The predicted molar refractivity (Wildman–Crippen MR) is 110 cm³/mol. The highest BCUT2D eigenvalue weighted by Gasteiger charge is 2.17. The van der Waals surface area contributed by atoms with Crippen LogP contribution in [-0.2, 0) is 5.41 Å². The molecule has 1 N–H and O–H groups in total. The van der Waals surface area contributed by atoms with E-state index in [9.17, 15) is 0 Å². The number of nitrogens with one attached hydrogen (secondary N) is 1. The van der Waals surface area contributed by atoms with Gasteiger partial charge in [-0.25, -0.2) is 0 Å². The molecular formula is C21H37ClN2O. The Labute approximate surface area is 160 Å². The second kappa shape index (κ2) is 11.8. The van der Waals surface area contributed by atoms with Crippen molar-refractivity contribution in [3.05, 3.63) is 29.8 Å². The Bertz CT molecular complexity index is 455. The van der Waals surface area contributed by atoms with E-state index >= 15 is 0 Å². The second-order valence-electron chi connectivity index (χ2n) is 7.62. The van der Waals surface area contributed by atoms with Crippen LogP contribution in [0, 0.1) is 0 Å². The zero-order chi connectivity index (χ0) is 17.3. The van der Waals surface area contributed by atoms with Gasteiger partial charge in [0.2, 0.25) is 0 Å². The molecule has 1 heterocycles. The number of hydrogen-bond acceptors (Lipinski definition) is 3. The molecule has 0 atom stereocenters. The predicted octanol–water partition coefficient (Wildman–Crippen LogP) is 4.64. The minimum Gasteiger partial charge on any atom is -0.494 e. The van der Waals surface area contributed by atoms with Crippen LogP contribution in [0.1, 0.15) is 58.4 Å². The molecule has 0 saturated carbocycles. The van der Waals surface area contributed by atoms with E-state index < -0.39 is 0 Å². The lowest BCUT2D eigenvalue weighted by Crippen LogP contribution is -2.43. The summed E-state index contributed by atoms with van der Waals surface area (Å²) in [4.78, 5) is 2.58. The Morgan fingerprint density at radius 1 is 1.00 bits per heavy atom. The van der Waals surface area contributed by atoms with Gasteiger partial charge in [0.25, 0.3) is 0 Å². The number of unbranched alkanes of at least 4 members (excludes halogenated alkanes) is 3. The van der Waals surface area contributed by atoms with Crippen LogP contribution < -0.4 is 10.1 Å². The summed E-state index contributed by atoms with van der Waals surface area (Å²) in [6.45, 7) is 13.7.